The normalized spacial score (nSPS) is 51.9. The molecule has 0 amide bonds. The van der Waals surface area contributed by atoms with Crippen LogP contribution in [-0.4, -0.2) is 11.0 Å². The predicted molar refractivity (Wildman–Crippen MR) is 55.1 cm³/mol. The molecule has 0 radical (unpaired) electrons. The van der Waals surface area contributed by atoms with Gasteiger partial charge in [-0.1, -0.05) is 29.8 Å². The van der Waals surface area contributed by atoms with Gasteiger partial charge in [0, 0.05) is 16.5 Å². The molecule has 2 rings (SSSR count). The van der Waals surface area contributed by atoms with Crippen molar-refractivity contribution in [2.45, 2.75) is 33.1 Å². The maximum Gasteiger partial charge on any atom is 0.0157 e. The lowest BCUT2D eigenvalue weighted by Gasteiger charge is -2.36. The Morgan fingerprint density at radius 2 is 2.25 bits per heavy atom. The first-order valence-electron chi connectivity index (χ1n) is 4.68. The highest BCUT2D eigenvalue weighted by Crippen LogP contribution is 2.64. The Labute approximate surface area is 82.6 Å². The molecule has 0 aromatic carbocycles. The number of nitrogens with one attached hydrogen (secondary N) is 1. The molecule has 1 N–H and O–H groups in total. The SMILES string of the molecule is C[C@]12CC[C@H](CC1=N)[C@@]2(C)CBr. The molecule has 0 unspecified atom stereocenters. The van der Waals surface area contributed by atoms with Crippen molar-refractivity contribution in [2.24, 2.45) is 16.7 Å². The second kappa shape index (κ2) is 2.34. The Bertz CT molecular complexity index is 238. The minimum Gasteiger partial charge on any atom is -0.309 e. The van der Waals surface area contributed by atoms with Gasteiger partial charge < -0.3 is 5.41 Å². The fourth-order valence-corrected chi connectivity index (χ4v) is 4.15. The van der Waals surface area contributed by atoms with Gasteiger partial charge in [0.15, 0.2) is 0 Å². The van der Waals surface area contributed by atoms with Crippen molar-refractivity contribution in [3.05, 3.63) is 0 Å². The van der Waals surface area contributed by atoms with E-state index in [4.69, 9.17) is 5.41 Å². The molecule has 68 valence electrons. The van der Waals surface area contributed by atoms with Crippen molar-refractivity contribution in [1.82, 2.24) is 0 Å². The summed E-state index contributed by atoms with van der Waals surface area (Å²) in [4.78, 5) is 0. The molecular weight excluding hydrogens is 214 g/mol. The lowest BCUT2D eigenvalue weighted by molar-refractivity contribution is 0.203. The van der Waals surface area contributed by atoms with E-state index in [9.17, 15) is 0 Å². The van der Waals surface area contributed by atoms with Crippen molar-refractivity contribution in [2.75, 3.05) is 5.33 Å². The largest absolute Gasteiger partial charge is 0.309 e. The van der Waals surface area contributed by atoms with Crippen LogP contribution in [-0.2, 0) is 0 Å². The van der Waals surface area contributed by atoms with E-state index in [-0.39, 0.29) is 5.41 Å². The summed E-state index contributed by atoms with van der Waals surface area (Å²) in [5.74, 6) is 0.773. The summed E-state index contributed by atoms with van der Waals surface area (Å²) in [6, 6.07) is 0. The highest BCUT2D eigenvalue weighted by atomic mass is 79.9. The summed E-state index contributed by atoms with van der Waals surface area (Å²) < 4.78 is 0. The zero-order valence-electron chi connectivity index (χ0n) is 7.78. The molecule has 12 heavy (non-hydrogen) atoms. The molecule has 2 aliphatic carbocycles. The van der Waals surface area contributed by atoms with Gasteiger partial charge in [-0.25, -0.2) is 0 Å². The quantitative estimate of drug-likeness (QED) is 0.669. The Hall–Kier alpha value is 0.150. The number of fused-ring (bicyclic) bond motifs is 2. The molecule has 0 heterocycles. The molecular formula is C10H16BrN. The average molecular weight is 230 g/mol. The Balaban J connectivity index is 2.44. The van der Waals surface area contributed by atoms with E-state index in [1.54, 1.807) is 0 Å². The monoisotopic (exact) mass is 229 g/mol. The Kier molecular flexibility index (Phi) is 1.70. The number of hydrogen-bond acceptors (Lipinski definition) is 1. The molecule has 0 aliphatic heterocycles. The van der Waals surface area contributed by atoms with Gasteiger partial charge in [0.25, 0.3) is 0 Å². The van der Waals surface area contributed by atoms with E-state index in [2.05, 4.69) is 29.8 Å². The number of rotatable bonds is 1. The Morgan fingerprint density at radius 3 is 2.50 bits per heavy atom. The fourth-order valence-electron chi connectivity index (χ4n) is 3.07. The summed E-state index contributed by atoms with van der Waals surface area (Å²) in [6.07, 6.45) is 3.62. The Morgan fingerprint density at radius 1 is 1.58 bits per heavy atom. The standard InChI is InChI=1S/C10H16BrN/c1-9-4-3-7(5-8(9)12)10(9,2)6-11/h7,12H,3-6H2,1-2H3/t7-,9+,10-/m1/s1. The third-order valence-corrected chi connectivity index (χ3v) is 5.71. The van der Waals surface area contributed by atoms with Crippen molar-refractivity contribution in [3.63, 3.8) is 0 Å². The van der Waals surface area contributed by atoms with E-state index >= 15 is 0 Å². The highest BCUT2D eigenvalue weighted by Gasteiger charge is 2.61. The molecule has 1 nitrogen and oxygen atoms in total. The molecule has 2 aliphatic rings. The van der Waals surface area contributed by atoms with Gasteiger partial charge in [0.05, 0.1) is 0 Å². The zero-order chi connectivity index (χ0) is 8.98. The number of hydrogen-bond donors (Lipinski definition) is 1. The second-order valence-electron chi connectivity index (χ2n) is 4.80. The van der Waals surface area contributed by atoms with E-state index in [0.717, 1.165) is 23.4 Å². The van der Waals surface area contributed by atoms with Gasteiger partial charge in [-0.15, -0.1) is 0 Å². The second-order valence-corrected chi connectivity index (χ2v) is 5.36. The van der Waals surface area contributed by atoms with Crippen LogP contribution in [0.15, 0.2) is 0 Å². The van der Waals surface area contributed by atoms with Crippen molar-refractivity contribution >= 4 is 21.6 Å². The van der Waals surface area contributed by atoms with Crippen molar-refractivity contribution in [1.29, 1.82) is 5.41 Å². The van der Waals surface area contributed by atoms with Crippen molar-refractivity contribution < 1.29 is 0 Å². The number of halogens is 1. The van der Waals surface area contributed by atoms with Crippen LogP contribution in [0.4, 0.5) is 0 Å². The molecule has 2 saturated carbocycles. The first-order chi connectivity index (χ1) is 5.54. The average Bonchev–Trinajstić information content (AvgIpc) is 2.39. The van der Waals surface area contributed by atoms with Gasteiger partial charge >= 0.3 is 0 Å². The molecule has 0 aromatic heterocycles. The van der Waals surface area contributed by atoms with Gasteiger partial charge in [-0.05, 0) is 30.6 Å². The number of alkyl halides is 1. The first kappa shape index (κ1) is 8.74. The van der Waals surface area contributed by atoms with Gasteiger partial charge in [-0.3, -0.25) is 0 Å². The van der Waals surface area contributed by atoms with E-state index in [0.29, 0.717) is 5.41 Å². The zero-order valence-corrected chi connectivity index (χ0v) is 9.37. The first-order valence-corrected chi connectivity index (χ1v) is 5.80. The molecule has 0 saturated heterocycles. The smallest absolute Gasteiger partial charge is 0.0157 e. The predicted octanol–water partition coefficient (Wildman–Crippen LogP) is 3.23. The fraction of sp³-hybridized carbons (Fsp3) is 0.900. The summed E-state index contributed by atoms with van der Waals surface area (Å²) in [6.45, 7) is 4.63. The van der Waals surface area contributed by atoms with Crippen LogP contribution in [0.2, 0.25) is 0 Å². The minimum absolute atomic E-state index is 0.209. The minimum atomic E-state index is 0.209. The third-order valence-electron chi connectivity index (χ3n) is 4.55. The lowest BCUT2D eigenvalue weighted by atomic mass is 9.70. The summed E-state index contributed by atoms with van der Waals surface area (Å²) in [7, 11) is 0. The summed E-state index contributed by atoms with van der Waals surface area (Å²) >= 11 is 3.62. The van der Waals surface area contributed by atoms with Crippen LogP contribution in [0.1, 0.15) is 33.1 Å². The van der Waals surface area contributed by atoms with Gasteiger partial charge in [0.2, 0.25) is 0 Å². The maximum absolute atomic E-state index is 7.97. The van der Waals surface area contributed by atoms with E-state index in [1.165, 1.54) is 12.8 Å². The maximum atomic E-state index is 7.97. The van der Waals surface area contributed by atoms with Crippen LogP contribution >= 0.6 is 15.9 Å². The lowest BCUT2D eigenvalue weighted by Crippen LogP contribution is -2.35. The van der Waals surface area contributed by atoms with Crippen LogP contribution in [0, 0.1) is 22.2 Å². The molecule has 0 spiro atoms. The highest BCUT2D eigenvalue weighted by molar-refractivity contribution is 9.09. The van der Waals surface area contributed by atoms with Crippen LogP contribution in [0.25, 0.3) is 0 Å². The van der Waals surface area contributed by atoms with Crippen LogP contribution in [0.5, 0.6) is 0 Å². The third kappa shape index (κ3) is 0.729. The molecule has 0 aromatic rings. The molecule has 3 atom stereocenters. The van der Waals surface area contributed by atoms with Crippen LogP contribution in [0.3, 0.4) is 0 Å². The van der Waals surface area contributed by atoms with E-state index < -0.39 is 0 Å². The van der Waals surface area contributed by atoms with Gasteiger partial charge in [0.1, 0.15) is 0 Å². The molecule has 2 bridgehead atoms. The molecule has 2 heteroatoms. The summed E-state index contributed by atoms with van der Waals surface area (Å²) in [5.41, 5.74) is 1.58. The summed E-state index contributed by atoms with van der Waals surface area (Å²) in [5, 5.41) is 9.03. The molecule has 2 fully saturated rings. The van der Waals surface area contributed by atoms with Gasteiger partial charge in [-0.2, -0.15) is 0 Å². The van der Waals surface area contributed by atoms with E-state index in [1.807, 2.05) is 0 Å². The van der Waals surface area contributed by atoms with Crippen molar-refractivity contribution in [3.8, 4) is 0 Å². The topological polar surface area (TPSA) is 23.9 Å². The van der Waals surface area contributed by atoms with Crippen LogP contribution < -0.4 is 0 Å².